The van der Waals surface area contributed by atoms with Crippen LogP contribution in [0.3, 0.4) is 0 Å². The number of nitrogens with zero attached hydrogens (tertiary/aromatic N) is 2. The molecule has 3 fully saturated rings. The molecule has 5 rings (SSSR count). The molecule has 0 spiro atoms. The summed E-state index contributed by atoms with van der Waals surface area (Å²) in [6, 6.07) is 8.91. The number of piperidine rings is 1. The van der Waals surface area contributed by atoms with Crippen molar-refractivity contribution in [2.24, 2.45) is 0 Å². The maximum atomic E-state index is 10.8. The van der Waals surface area contributed by atoms with E-state index in [4.69, 9.17) is 18.9 Å². The van der Waals surface area contributed by atoms with E-state index >= 15 is 0 Å². The molecule has 0 amide bonds. The molecule has 0 bridgehead atoms. The number of aromatic nitrogens is 1. The largest absolute Gasteiger partial charge is 0.490 e. The SMILES string of the molecule is OC1(CN2CCC(Oc3cccc4c3ccn4C3CCOC3)CC2)COCCOC1. The van der Waals surface area contributed by atoms with Crippen LogP contribution in [-0.4, -0.2) is 85.6 Å². The Labute approximate surface area is 177 Å². The van der Waals surface area contributed by atoms with Crippen molar-refractivity contribution in [3.05, 3.63) is 30.5 Å². The average Bonchev–Trinajstić information content (AvgIpc) is 3.38. The summed E-state index contributed by atoms with van der Waals surface area (Å²) in [5.41, 5.74) is 0.305. The Hall–Kier alpha value is -1.64. The van der Waals surface area contributed by atoms with Gasteiger partial charge in [0.2, 0.25) is 0 Å². The lowest BCUT2D eigenvalue weighted by atomic mass is 10.0. The topological polar surface area (TPSA) is 65.3 Å². The normalized spacial score (nSPS) is 26.1. The fourth-order valence-electron chi connectivity index (χ4n) is 4.88. The highest BCUT2D eigenvalue weighted by atomic mass is 16.6. The number of β-amino-alcohol motifs (C(OH)–C–C–N with tert-alkyl or cyclic N) is 1. The van der Waals surface area contributed by atoms with Gasteiger partial charge in [-0.1, -0.05) is 6.07 Å². The maximum Gasteiger partial charge on any atom is 0.129 e. The van der Waals surface area contributed by atoms with E-state index in [-0.39, 0.29) is 6.10 Å². The van der Waals surface area contributed by atoms with Gasteiger partial charge in [0.25, 0.3) is 0 Å². The van der Waals surface area contributed by atoms with Gasteiger partial charge < -0.3 is 33.5 Å². The first-order valence-electron chi connectivity index (χ1n) is 11.1. The van der Waals surface area contributed by atoms with Gasteiger partial charge in [0, 0.05) is 37.8 Å². The summed E-state index contributed by atoms with van der Waals surface area (Å²) in [5, 5.41) is 12.0. The molecule has 7 nitrogen and oxygen atoms in total. The minimum Gasteiger partial charge on any atom is -0.490 e. The number of ether oxygens (including phenoxy) is 4. The molecule has 2 aromatic rings. The quantitative estimate of drug-likeness (QED) is 0.806. The fraction of sp³-hybridized carbons (Fsp3) is 0.652. The number of hydrogen-bond acceptors (Lipinski definition) is 6. The summed E-state index contributed by atoms with van der Waals surface area (Å²) in [4.78, 5) is 2.30. The second-order valence-electron chi connectivity index (χ2n) is 8.85. The fourth-order valence-corrected chi connectivity index (χ4v) is 4.88. The summed E-state index contributed by atoms with van der Waals surface area (Å²) in [6.07, 6.45) is 5.32. The predicted molar refractivity (Wildman–Crippen MR) is 113 cm³/mol. The van der Waals surface area contributed by atoms with Gasteiger partial charge >= 0.3 is 0 Å². The van der Waals surface area contributed by atoms with E-state index in [1.54, 1.807) is 0 Å². The van der Waals surface area contributed by atoms with Gasteiger partial charge in [0.1, 0.15) is 17.5 Å². The molecule has 0 radical (unpaired) electrons. The van der Waals surface area contributed by atoms with Crippen LogP contribution >= 0.6 is 0 Å². The molecule has 1 aromatic heterocycles. The second kappa shape index (κ2) is 8.85. The Morgan fingerprint density at radius 1 is 1.00 bits per heavy atom. The van der Waals surface area contributed by atoms with Crippen LogP contribution in [0.1, 0.15) is 25.3 Å². The minimum absolute atomic E-state index is 0.196. The van der Waals surface area contributed by atoms with Gasteiger partial charge in [-0.25, -0.2) is 0 Å². The Bertz CT molecular complexity index is 831. The number of benzene rings is 1. The van der Waals surface area contributed by atoms with Crippen molar-refractivity contribution >= 4 is 10.9 Å². The number of fused-ring (bicyclic) bond motifs is 1. The Morgan fingerprint density at radius 3 is 2.53 bits per heavy atom. The molecule has 1 atom stereocenters. The van der Waals surface area contributed by atoms with Crippen LogP contribution in [0.4, 0.5) is 0 Å². The highest BCUT2D eigenvalue weighted by molar-refractivity contribution is 5.86. The van der Waals surface area contributed by atoms with E-state index in [0.29, 0.717) is 39.0 Å². The van der Waals surface area contributed by atoms with Crippen LogP contribution < -0.4 is 4.74 Å². The van der Waals surface area contributed by atoms with Gasteiger partial charge in [-0.05, 0) is 37.5 Å². The van der Waals surface area contributed by atoms with Crippen molar-refractivity contribution in [2.45, 2.75) is 37.0 Å². The zero-order valence-electron chi connectivity index (χ0n) is 17.5. The average molecular weight is 417 g/mol. The van der Waals surface area contributed by atoms with Gasteiger partial charge in [0.15, 0.2) is 0 Å². The third kappa shape index (κ3) is 4.36. The predicted octanol–water partition coefficient (Wildman–Crippen LogP) is 2.22. The number of likely N-dealkylation sites (tertiary alicyclic amines) is 1. The second-order valence-corrected chi connectivity index (χ2v) is 8.85. The van der Waals surface area contributed by atoms with Gasteiger partial charge in [-0.15, -0.1) is 0 Å². The van der Waals surface area contributed by atoms with E-state index in [0.717, 1.165) is 51.3 Å². The van der Waals surface area contributed by atoms with Crippen molar-refractivity contribution in [1.29, 1.82) is 0 Å². The number of rotatable bonds is 5. The van der Waals surface area contributed by atoms with Gasteiger partial charge in [-0.2, -0.15) is 0 Å². The zero-order valence-corrected chi connectivity index (χ0v) is 17.5. The Kier molecular flexibility index (Phi) is 5.98. The standard InChI is InChI=1S/C23H32N2O5/c26-23(16-28-12-13-29-17-23)15-24-8-4-19(5-9-24)30-22-3-1-2-21-20(22)6-10-25(21)18-7-11-27-14-18/h1-3,6,10,18-19,26H,4-5,7-9,11-17H2. The summed E-state index contributed by atoms with van der Waals surface area (Å²) >= 11 is 0. The van der Waals surface area contributed by atoms with Crippen molar-refractivity contribution in [1.82, 2.24) is 9.47 Å². The lowest BCUT2D eigenvalue weighted by Crippen LogP contribution is -2.51. The first-order valence-corrected chi connectivity index (χ1v) is 11.1. The van der Waals surface area contributed by atoms with E-state index < -0.39 is 5.60 Å². The lowest BCUT2D eigenvalue weighted by Gasteiger charge is -2.37. The van der Waals surface area contributed by atoms with Gasteiger partial charge in [-0.3, -0.25) is 0 Å². The molecule has 3 saturated heterocycles. The number of hydrogen-bond donors (Lipinski definition) is 1. The van der Waals surface area contributed by atoms with Gasteiger partial charge in [0.05, 0.1) is 44.6 Å². The first kappa shape index (κ1) is 20.3. The molecule has 3 aliphatic heterocycles. The number of aliphatic hydroxyl groups is 1. The third-order valence-electron chi connectivity index (χ3n) is 6.48. The Morgan fingerprint density at radius 2 is 1.80 bits per heavy atom. The van der Waals surface area contributed by atoms with Crippen LogP contribution in [-0.2, 0) is 14.2 Å². The van der Waals surface area contributed by atoms with Crippen molar-refractivity contribution in [2.75, 3.05) is 59.3 Å². The molecule has 7 heteroatoms. The molecule has 0 saturated carbocycles. The monoisotopic (exact) mass is 416 g/mol. The van der Waals surface area contributed by atoms with E-state index in [1.807, 2.05) is 0 Å². The van der Waals surface area contributed by atoms with E-state index in [1.165, 1.54) is 10.9 Å². The maximum absolute atomic E-state index is 10.8. The molecule has 1 N–H and O–H groups in total. The van der Waals surface area contributed by atoms with Crippen LogP contribution in [0, 0.1) is 0 Å². The van der Waals surface area contributed by atoms with Crippen LogP contribution in [0.25, 0.3) is 10.9 Å². The molecule has 1 unspecified atom stereocenters. The highest BCUT2D eigenvalue weighted by Crippen LogP contribution is 2.32. The minimum atomic E-state index is -0.914. The van der Waals surface area contributed by atoms with E-state index in [9.17, 15) is 5.11 Å². The first-order chi connectivity index (χ1) is 14.7. The molecule has 1 aromatic carbocycles. The molecular weight excluding hydrogens is 384 g/mol. The van der Waals surface area contributed by atoms with E-state index in [2.05, 4.69) is 39.9 Å². The zero-order chi connectivity index (χ0) is 20.4. The summed E-state index contributed by atoms with van der Waals surface area (Å²) in [6.45, 7) is 5.82. The highest BCUT2D eigenvalue weighted by Gasteiger charge is 2.34. The van der Waals surface area contributed by atoms with Crippen LogP contribution in [0.15, 0.2) is 30.5 Å². The molecule has 3 aliphatic rings. The smallest absolute Gasteiger partial charge is 0.129 e. The molecule has 0 aliphatic carbocycles. The van der Waals surface area contributed by atoms with Crippen LogP contribution in [0.5, 0.6) is 5.75 Å². The molecule has 4 heterocycles. The molecule has 164 valence electrons. The summed E-state index contributed by atoms with van der Waals surface area (Å²) < 4.78 is 25.3. The van der Waals surface area contributed by atoms with Crippen molar-refractivity contribution in [3.63, 3.8) is 0 Å². The summed E-state index contributed by atoms with van der Waals surface area (Å²) in [5.74, 6) is 0.966. The molecule has 30 heavy (non-hydrogen) atoms. The third-order valence-corrected chi connectivity index (χ3v) is 6.48. The van der Waals surface area contributed by atoms with Crippen molar-refractivity contribution < 1.29 is 24.1 Å². The van der Waals surface area contributed by atoms with Crippen molar-refractivity contribution in [3.8, 4) is 5.75 Å². The summed E-state index contributed by atoms with van der Waals surface area (Å²) in [7, 11) is 0. The lowest BCUT2D eigenvalue weighted by molar-refractivity contribution is -0.0795. The Balaban J connectivity index is 1.20. The van der Waals surface area contributed by atoms with Crippen LogP contribution in [0.2, 0.25) is 0 Å². The molecular formula is C23H32N2O5.